The second kappa shape index (κ2) is 38.4. The molecule has 28 aromatic rings. The van der Waals surface area contributed by atoms with E-state index in [1.165, 1.54) is 44.6 Å². The van der Waals surface area contributed by atoms with E-state index in [0.29, 0.717) is 17.5 Å². The van der Waals surface area contributed by atoms with Crippen molar-refractivity contribution < 1.29 is 17.6 Å². The third-order valence-electron chi connectivity index (χ3n) is 27.7. The van der Waals surface area contributed by atoms with Crippen LogP contribution in [0.25, 0.3) is 278 Å². The molecule has 0 fully saturated rings. The number of para-hydroxylation sites is 3. The molecule has 0 aliphatic carbocycles. The zero-order valence-electron chi connectivity index (χ0n) is 79.6. The van der Waals surface area contributed by atoms with Crippen LogP contribution in [0, 0.1) is 5.82 Å². The fourth-order valence-corrected chi connectivity index (χ4v) is 19.9. The Bertz CT molecular complexity index is 9860. The van der Waals surface area contributed by atoms with Crippen molar-refractivity contribution in [3.8, 4) is 180 Å². The first-order chi connectivity index (χ1) is 73.1. The highest BCUT2D eigenvalue weighted by atomic mass is 19.1. The average molecular weight is 1900 g/mol. The van der Waals surface area contributed by atoms with Crippen LogP contribution in [0.15, 0.2) is 524 Å². The van der Waals surface area contributed by atoms with E-state index in [1.54, 1.807) is 30.7 Å². The predicted molar refractivity (Wildman–Crippen MR) is 601 cm³/mol. The molecule has 19 aromatic carbocycles. The van der Waals surface area contributed by atoms with Crippen LogP contribution in [-0.2, 0) is 0 Å². The van der Waals surface area contributed by atoms with Crippen LogP contribution in [0.3, 0.4) is 0 Å². The molecular formula is C135H84FN9O3. The number of hydrogen-bond donors (Lipinski definition) is 0. The number of halogens is 1. The maximum atomic E-state index is 13.7. The molecule has 12 nitrogen and oxygen atoms in total. The Kier molecular flexibility index (Phi) is 22.9. The van der Waals surface area contributed by atoms with Crippen molar-refractivity contribution in [3.05, 3.63) is 516 Å². The van der Waals surface area contributed by atoms with E-state index in [4.69, 9.17) is 43.2 Å². The second-order valence-corrected chi connectivity index (χ2v) is 36.8. The number of fused-ring (bicyclic) bond motifs is 13. The van der Waals surface area contributed by atoms with Gasteiger partial charge in [-0.2, -0.15) is 0 Å². The Hall–Kier alpha value is -20.0. The average Bonchev–Trinajstić information content (AvgIpc) is 1.05. The zero-order chi connectivity index (χ0) is 98.3. The van der Waals surface area contributed by atoms with Gasteiger partial charge in [0.25, 0.3) is 0 Å². The van der Waals surface area contributed by atoms with E-state index in [1.807, 2.05) is 110 Å². The fourth-order valence-electron chi connectivity index (χ4n) is 19.9. The van der Waals surface area contributed by atoms with Gasteiger partial charge in [-0.15, -0.1) is 0 Å². The minimum absolute atomic E-state index is 0.286. The molecule has 0 amide bonds. The van der Waals surface area contributed by atoms with E-state index in [-0.39, 0.29) is 5.82 Å². The van der Waals surface area contributed by atoms with Crippen molar-refractivity contribution in [1.29, 1.82) is 0 Å². The molecule has 0 aliphatic rings. The van der Waals surface area contributed by atoms with Crippen LogP contribution in [-0.4, -0.2) is 44.9 Å². The van der Waals surface area contributed by atoms with Gasteiger partial charge >= 0.3 is 0 Å². The number of rotatable bonds is 16. The molecule has 0 spiro atoms. The van der Waals surface area contributed by atoms with Gasteiger partial charge in [0.15, 0.2) is 17.5 Å². The molecule has 0 saturated carbocycles. The van der Waals surface area contributed by atoms with Gasteiger partial charge in [-0.05, 0) is 238 Å². The van der Waals surface area contributed by atoms with Crippen molar-refractivity contribution in [2.75, 3.05) is 0 Å². The van der Waals surface area contributed by atoms with E-state index in [0.717, 1.165) is 228 Å². The lowest BCUT2D eigenvalue weighted by atomic mass is 9.94. The van der Waals surface area contributed by atoms with Gasteiger partial charge in [-0.25, -0.2) is 34.3 Å². The number of pyridine rings is 3. The molecule has 694 valence electrons. The number of furan rings is 3. The molecule has 9 heterocycles. The van der Waals surface area contributed by atoms with Crippen LogP contribution in [0.5, 0.6) is 0 Å². The summed E-state index contributed by atoms with van der Waals surface area (Å²) in [6, 6.07) is 162. The predicted octanol–water partition coefficient (Wildman–Crippen LogP) is 35.6. The lowest BCUT2D eigenvalue weighted by Crippen LogP contribution is -1.97. The van der Waals surface area contributed by atoms with Gasteiger partial charge in [0.2, 0.25) is 0 Å². The third-order valence-corrected chi connectivity index (χ3v) is 27.7. The van der Waals surface area contributed by atoms with E-state index in [9.17, 15) is 4.39 Å². The molecule has 0 aliphatic heterocycles. The maximum Gasteiger partial charge on any atom is 0.160 e. The first kappa shape index (κ1) is 88.2. The van der Waals surface area contributed by atoms with Crippen LogP contribution in [0.1, 0.15) is 0 Å². The smallest absolute Gasteiger partial charge is 0.160 e. The number of hydrogen-bond acceptors (Lipinski definition) is 12. The molecule has 0 radical (unpaired) electrons. The van der Waals surface area contributed by atoms with Crippen LogP contribution >= 0.6 is 0 Å². The summed E-state index contributed by atoms with van der Waals surface area (Å²) < 4.78 is 31.9. The van der Waals surface area contributed by atoms with Crippen molar-refractivity contribution in [2.45, 2.75) is 0 Å². The molecule has 0 unspecified atom stereocenters. The number of nitrogens with zero attached hydrogens (tertiary/aromatic N) is 9. The maximum absolute atomic E-state index is 13.7. The monoisotopic (exact) mass is 1900 g/mol. The molecule has 13 heteroatoms. The third kappa shape index (κ3) is 17.6. The van der Waals surface area contributed by atoms with Crippen molar-refractivity contribution in [1.82, 2.24) is 44.9 Å². The quantitative estimate of drug-likeness (QED) is 0.0845. The van der Waals surface area contributed by atoms with Gasteiger partial charge in [0.1, 0.15) is 39.3 Å². The molecule has 28 rings (SSSR count). The highest BCUT2D eigenvalue weighted by molar-refractivity contribution is 6.14. The van der Waals surface area contributed by atoms with Gasteiger partial charge in [-0.3, -0.25) is 15.0 Å². The Morgan fingerprint density at radius 2 is 0.405 bits per heavy atom. The van der Waals surface area contributed by atoms with Crippen LogP contribution < -0.4 is 0 Å². The summed E-state index contributed by atoms with van der Waals surface area (Å²) in [5.41, 5.74) is 34.6. The van der Waals surface area contributed by atoms with E-state index < -0.39 is 0 Å². The normalized spacial score (nSPS) is 11.4. The minimum Gasteiger partial charge on any atom is -0.456 e. The molecule has 0 saturated heterocycles. The Balaban J connectivity index is 0.000000113. The van der Waals surface area contributed by atoms with Crippen LogP contribution in [0.2, 0.25) is 0 Å². The summed E-state index contributed by atoms with van der Waals surface area (Å²) in [5.74, 6) is 1.67. The second-order valence-electron chi connectivity index (χ2n) is 36.8. The molecule has 148 heavy (non-hydrogen) atoms. The van der Waals surface area contributed by atoms with Crippen molar-refractivity contribution in [2.24, 2.45) is 0 Å². The summed E-state index contributed by atoms with van der Waals surface area (Å²) in [6.45, 7) is 0. The first-order valence-electron chi connectivity index (χ1n) is 49.2. The summed E-state index contributed by atoms with van der Waals surface area (Å²) in [7, 11) is 0. The zero-order valence-corrected chi connectivity index (χ0v) is 79.6. The SMILES string of the molecule is Fc1ccc(-c2cc(-c3ccc(-c4ccc5oc6ccccc6c5c4)cc3)nc(-c3ccc(-c4cccnc4)cc3)n2)cc1.c1cncc(-c2ccc(-c3nc(-c4ccc(-c5ccc6ccccc6c5)cc4)cc(-c4ccc(-c5ccc6oc7ccccc7c6c5)cc4)n3)cc2)c1.c1cncc(-c2ccc(-c3nc(-c4ccc(-c5ccc6oc7ccccc7c6c5)cc4)cc(-c4cc5ccccc5c5ccccc45)n3)cc2)c1. The largest absolute Gasteiger partial charge is 0.456 e. The fraction of sp³-hybridized carbons (Fsp3) is 0. The van der Waals surface area contributed by atoms with Gasteiger partial charge in [-0.1, -0.05) is 346 Å². The van der Waals surface area contributed by atoms with Gasteiger partial charge < -0.3 is 13.3 Å². The Morgan fingerprint density at radius 3 is 0.764 bits per heavy atom. The Morgan fingerprint density at radius 1 is 0.149 bits per heavy atom. The van der Waals surface area contributed by atoms with Crippen LogP contribution in [0.4, 0.5) is 4.39 Å². The topological polar surface area (TPSA) is 155 Å². The molecule has 0 N–H and O–H groups in total. The molecular weight excluding hydrogens is 1810 g/mol. The number of aromatic nitrogens is 9. The molecule has 0 bridgehead atoms. The minimum atomic E-state index is -0.286. The molecule has 0 atom stereocenters. The highest BCUT2D eigenvalue weighted by Crippen LogP contribution is 2.44. The first-order valence-corrected chi connectivity index (χ1v) is 49.2. The van der Waals surface area contributed by atoms with E-state index in [2.05, 4.69) is 373 Å². The number of benzene rings is 19. The summed E-state index contributed by atoms with van der Waals surface area (Å²) >= 11 is 0. The summed E-state index contributed by atoms with van der Waals surface area (Å²) in [6.07, 6.45) is 11.0. The standard InChI is InChI=1S/C49H31N3O.C47H29N3O.C39H24FN3O/c1-2-7-39-28-40(24-17-32(39)6-1)33-11-18-36(19-12-33)45-30-46(52-49(51-45)38-22-15-35(16-23-38)42-8-5-27-50-31-42)37-20-13-34(14-21-37)41-25-26-48-44(29-41)43-9-3-4-10-47(43)53-48;1-2-10-37-35(8-1)27-41(39-12-4-3-11-38(37)39)44-28-43(49-47(50-44)33-21-17-31(18-22-33)36-9-7-25-48-29-36)32-19-15-30(16-20-32)34-23-24-46-42(26-34)40-13-5-6-14-45(40)51-46;40-32-18-15-28(16-19-32)36-23-35(42-39(43-36)29-13-9-26(10-14-29)31-4-3-21-41-24-31)27-11-7-25(8-12-27)30-17-20-38-34(22-30)33-5-1-2-6-37(33)44-38/h1-31H;1-29H;1-24H. The lowest BCUT2D eigenvalue weighted by molar-refractivity contribution is 0.628. The van der Waals surface area contributed by atoms with Crippen molar-refractivity contribution >= 4 is 98.1 Å². The summed E-state index contributed by atoms with van der Waals surface area (Å²) in [4.78, 5) is 43.4. The van der Waals surface area contributed by atoms with Gasteiger partial charge in [0, 0.05) is 120 Å². The summed E-state index contributed by atoms with van der Waals surface area (Å²) in [5, 5.41) is 14.0. The van der Waals surface area contributed by atoms with Crippen molar-refractivity contribution in [3.63, 3.8) is 0 Å². The molecule has 9 aromatic heterocycles. The lowest BCUT2D eigenvalue weighted by Gasteiger charge is -2.14. The Labute approximate surface area is 850 Å². The highest BCUT2D eigenvalue weighted by Gasteiger charge is 2.22. The van der Waals surface area contributed by atoms with E-state index >= 15 is 0 Å². The van der Waals surface area contributed by atoms with Gasteiger partial charge in [0.05, 0.1) is 34.2 Å².